The van der Waals surface area contributed by atoms with E-state index in [1.807, 2.05) is 25.7 Å². The molecule has 3 rings (SSSR count). The predicted molar refractivity (Wildman–Crippen MR) is 198 cm³/mol. The number of hydrogen-bond acceptors (Lipinski definition) is 9. The number of carboxylic acid groups (broad SMARTS) is 2. The van der Waals surface area contributed by atoms with Gasteiger partial charge in [-0.25, -0.2) is 4.79 Å². The molecule has 0 bridgehead atoms. The minimum atomic E-state index is -1.28. The van der Waals surface area contributed by atoms with E-state index in [0.29, 0.717) is 42.9 Å². The summed E-state index contributed by atoms with van der Waals surface area (Å²) in [5.41, 5.74) is 6.07. The van der Waals surface area contributed by atoms with Crippen LogP contribution in [0.15, 0.2) is 42.5 Å². The van der Waals surface area contributed by atoms with Crippen molar-refractivity contribution in [1.29, 1.82) is 0 Å². The van der Waals surface area contributed by atoms with Crippen LogP contribution in [0.25, 0.3) is 0 Å². The van der Waals surface area contributed by atoms with Crippen LogP contribution in [0.1, 0.15) is 84.2 Å². The molecular weight excluding hydrogens is 670 g/mol. The number of carbonyl (C=O) groups excluding carboxylic acids is 3. The van der Waals surface area contributed by atoms with Crippen LogP contribution in [0, 0.1) is 11.8 Å². The number of nitrogens with one attached hydrogen (secondary N) is 3. The third-order valence-corrected chi connectivity index (χ3v) is 8.46. The molecule has 52 heavy (non-hydrogen) atoms. The van der Waals surface area contributed by atoms with Gasteiger partial charge in [0.05, 0.1) is 35.4 Å². The first-order valence-electron chi connectivity index (χ1n) is 17.6. The van der Waals surface area contributed by atoms with Gasteiger partial charge in [0.25, 0.3) is 0 Å². The largest absolute Gasteiger partial charge is 0.488 e. The Labute approximate surface area is 305 Å². The molecular formula is C38H55N5O9. The topological polar surface area (TPSA) is 210 Å². The number of carboxylic acids is 2. The highest BCUT2D eigenvalue weighted by Crippen LogP contribution is 2.28. The molecule has 0 saturated carbocycles. The van der Waals surface area contributed by atoms with Crippen LogP contribution in [0.4, 0.5) is 11.4 Å². The lowest BCUT2D eigenvalue weighted by molar-refractivity contribution is -0.142. The van der Waals surface area contributed by atoms with Gasteiger partial charge in [0.2, 0.25) is 17.7 Å². The van der Waals surface area contributed by atoms with Gasteiger partial charge in [-0.05, 0) is 96.2 Å². The Bertz CT molecular complexity index is 1570. The van der Waals surface area contributed by atoms with Gasteiger partial charge in [0, 0.05) is 25.2 Å². The molecule has 3 amide bonds. The SMILES string of the molecule is CC(C)[C@H](N)C(=O)N[C@@H](COC(C)(C)C)C(=O)N[C@@H](Cc1ccc(OC(C)(C)C)cc1)C(=O)Nc1ccc(N2CCC(C(=O)O)CC2)cc1C(=O)O. The van der Waals surface area contributed by atoms with Crippen LogP contribution in [0.2, 0.25) is 0 Å². The first-order valence-corrected chi connectivity index (χ1v) is 17.6. The minimum Gasteiger partial charge on any atom is -0.488 e. The molecule has 0 radical (unpaired) electrons. The number of nitrogens with two attached hydrogens (primary N) is 1. The number of rotatable bonds is 15. The minimum absolute atomic E-state index is 0.0126. The number of aromatic carboxylic acids is 1. The Morgan fingerprint density at radius 3 is 1.96 bits per heavy atom. The summed E-state index contributed by atoms with van der Waals surface area (Å²) in [6.45, 7) is 15.4. The van der Waals surface area contributed by atoms with Crippen LogP contribution in [-0.2, 0) is 30.3 Å². The molecule has 14 nitrogen and oxygen atoms in total. The Balaban J connectivity index is 1.92. The third-order valence-electron chi connectivity index (χ3n) is 8.46. The number of piperidine rings is 1. The van der Waals surface area contributed by atoms with Crippen molar-refractivity contribution in [2.24, 2.45) is 17.6 Å². The molecule has 7 N–H and O–H groups in total. The lowest BCUT2D eigenvalue weighted by atomic mass is 9.96. The second-order valence-electron chi connectivity index (χ2n) is 15.5. The number of benzene rings is 2. The van der Waals surface area contributed by atoms with E-state index in [2.05, 4.69) is 16.0 Å². The van der Waals surface area contributed by atoms with E-state index in [4.69, 9.17) is 15.2 Å². The highest BCUT2D eigenvalue weighted by atomic mass is 16.5. The summed E-state index contributed by atoms with van der Waals surface area (Å²) in [5.74, 6) is -4.12. The van der Waals surface area contributed by atoms with Crippen LogP contribution in [-0.4, -0.2) is 88.9 Å². The quantitative estimate of drug-likeness (QED) is 0.156. The normalized spacial score (nSPS) is 15.7. The average Bonchev–Trinajstić information content (AvgIpc) is 3.05. The third kappa shape index (κ3) is 12.8. The van der Waals surface area contributed by atoms with Crippen LogP contribution in [0.5, 0.6) is 5.75 Å². The van der Waals surface area contributed by atoms with E-state index in [1.165, 1.54) is 12.1 Å². The van der Waals surface area contributed by atoms with Crippen molar-refractivity contribution in [1.82, 2.24) is 10.6 Å². The number of aliphatic carboxylic acids is 1. The van der Waals surface area contributed by atoms with E-state index in [9.17, 15) is 34.2 Å². The monoisotopic (exact) mass is 725 g/mol. The van der Waals surface area contributed by atoms with Gasteiger partial charge >= 0.3 is 11.9 Å². The molecule has 1 fully saturated rings. The molecule has 0 spiro atoms. The van der Waals surface area contributed by atoms with Crippen LogP contribution >= 0.6 is 0 Å². The lowest BCUT2D eigenvalue weighted by Gasteiger charge is -2.32. The molecule has 1 saturated heterocycles. The summed E-state index contributed by atoms with van der Waals surface area (Å²) in [6.07, 6.45) is 0.859. The number of carbonyl (C=O) groups is 5. The van der Waals surface area contributed by atoms with E-state index in [1.54, 1.807) is 65.0 Å². The fourth-order valence-electron chi connectivity index (χ4n) is 5.47. The number of ether oxygens (including phenoxy) is 2. The molecule has 286 valence electrons. The molecule has 3 atom stereocenters. The van der Waals surface area contributed by atoms with Crippen molar-refractivity contribution < 1.29 is 43.7 Å². The number of amides is 3. The Kier molecular flexibility index (Phi) is 14.2. The summed E-state index contributed by atoms with van der Waals surface area (Å²) in [7, 11) is 0. The fraction of sp³-hybridized carbons (Fsp3) is 0.553. The van der Waals surface area contributed by atoms with Gasteiger partial charge in [-0.3, -0.25) is 19.2 Å². The predicted octanol–water partition coefficient (Wildman–Crippen LogP) is 3.81. The number of nitrogens with zero attached hydrogens (tertiary/aromatic N) is 1. The lowest BCUT2D eigenvalue weighted by Crippen LogP contribution is -2.58. The molecule has 0 aromatic heterocycles. The highest BCUT2D eigenvalue weighted by molar-refractivity contribution is 6.04. The van der Waals surface area contributed by atoms with Crippen molar-refractivity contribution in [3.05, 3.63) is 53.6 Å². The second-order valence-corrected chi connectivity index (χ2v) is 15.5. The van der Waals surface area contributed by atoms with Crippen molar-refractivity contribution in [3.63, 3.8) is 0 Å². The highest BCUT2D eigenvalue weighted by Gasteiger charge is 2.32. The molecule has 1 aliphatic heterocycles. The summed E-state index contributed by atoms with van der Waals surface area (Å²) < 4.78 is 11.8. The first-order chi connectivity index (χ1) is 24.1. The van der Waals surface area contributed by atoms with Gasteiger partial charge in [-0.1, -0.05) is 26.0 Å². The fourth-order valence-corrected chi connectivity index (χ4v) is 5.47. The Morgan fingerprint density at radius 1 is 0.846 bits per heavy atom. The van der Waals surface area contributed by atoms with Crippen molar-refractivity contribution in [2.75, 3.05) is 29.9 Å². The van der Waals surface area contributed by atoms with Gasteiger partial charge < -0.3 is 46.3 Å². The molecule has 2 aromatic rings. The molecule has 0 aliphatic carbocycles. The zero-order valence-electron chi connectivity index (χ0n) is 31.4. The molecule has 2 aromatic carbocycles. The Morgan fingerprint density at radius 2 is 1.44 bits per heavy atom. The van der Waals surface area contributed by atoms with E-state index < -0.39 is 64.9 Å². The standard InChI is InChI=1S/C38H55N5O9/c1-22(2)31(39)34(46)42-30(21-51-37(3,4)5)33(45)41-29(19-23-9-12-26(13-10-23)52-38(6,7)8)32(44)40-28-14-11-25(20-27(28)36(49)50)43-17-15-24(16-18-43)35(47)48/h9-14,20,22,24,29-31H,15-19,21,39H2,1-8H3,(H,40,44)(H,41,45)(H,42,46)(H,47,48)(H,49,50)/t29-,30-,31-/m0/s1. The van der Waals surface area contributed by atoms with E-state index in [0.717, 1.165) is 0 Å². The maximum atomic E-state index is 14.0. The maximum Gasteiger partial charge on any atom is 0.337 e. The zero-order valence-corrected chi connectivity index (χ0v) is 31.4. The van der Waals surface area contributed by atoms with Crippen LogP contribution < -0.4 is 31.3 Å². The van der Waals surface area contributed by atoms with Gasteiger partial charge in [0.15, 0.2) is 0 Å². The summed E-state index contributed by atoms with van der Waals surface area (Å²) in [5, 5.41) is 27.6. The summed E-state index contributed by atoms with van der Waals surface area (Å²) in [4.78, 5) is 66.5. The molecule has 1 heterocycles. The van der Waals surface area contributed by atoms with Gasteiger partial charge in [-0.15, -0.1) is 0 Å². The van der Waals surface area contributed by atoms with Crippen molar-refractivity contribution in [3.8, 4) is 5.75 Å². The van der Waals surface area contributed by atoms with Gasteiger partial charge in [-0.2, -0.15) is 0 Å². The molecule has 14 heteroatoms. The van der Waals surface area contributed by atoms with Crippen LogP contribution in [0.3, 0.4) is 0 Å². The first kappa shape index (κ1) is 41.7. The molecule has 0 unspecified atom stereocenters. The maximum absolute atomic E-state index is 14.0. The van der Waals surface area contributed by atoms with Gasteiger partial charge in [0.1, 0.15) is 23.4 Å². The summed E-state index contributed by atoms with van der Waals surface area (Å²) in [6, 6.07) is 8.32. The van der Waals surface area contributed by atoms with Crippen molar-refractivity contribution >= 4 is 41.0 Å². The average molecular weight is 726 g/mol. The Hall–Kier alpha value is -4.69. The van der Waals surface area contributed by atoms with E-state index in [-0.39, 0.29) is 30.2 Å². The molecule has 1 aliphatic rings. The van der Waals surface area contributed by atoms with Crippen molar-refractivity contribution in [2.45, 2.75) is 104 Å². The number of hydrogen-bond donors (Lipinski definition) is 6. The zero-order chi connectivity index (χ0) is 39.0. The van der Waals surface area contributed by atoms with E-state index >= 15 is 0 Å². The second kappa shape index (κ2) is 17.7. The summed E-state index contributed by atoms with van der Waals surface area (Å²) >= 11 is 0. The number of anilines is 2. The smallest absolute Gasteiger partial charge is 0.337 e.